The lowest BCUT2D eigenvalue weighted by molar-refractivity contribution is 0.0657. The molecule has 0 fully saturated rings. The molecule has 0 aromatic heterocycles. The SMILES string of the molecule is Cc1ccc(C2C[C@H](O)c3ccc(Br)cc3O2)cc1Cl. The van der Waals surface area contributed by atoms with Crippen molar-refractivity contribution in [3.8, 4) is 5.75 Å². The van der Waals surface area contributed by atoms with Gasteiger partial charge in [-0.3, -0.25) is 0 Å². The highest BCUT2D eigenvalue weighted by Crippen LogP contribution is 2.42. The fourth-order valence-electron chi connectivity index (χ4n) is 2.43. The molecule has 1 unspecified atom stereocenters. The minimum Gasteiger partial charge on any atom is -0.485 e. The van der Waals surface area contributed by atoms with Crippen LogP contribution >= 0.6 is 27.5 Å². The number of hydrogen-bond acceptors (Lipinski definition) is 2. The van der Waals surface area contributed by atoms with E-state index in [2.05, 4.69) is 15.9 Å². The fourth-order valence-corrected chi connectivity index (χ4v) is 2.96. The number of aliphatic hydroxyl groups excluding tert-OH is 1. The van der Waals surface area contributed by atoms with Crippen molar-refractivity contribution in [2.45, 2.75) is 25.6 Å². The number of hydrogen-bond donors (Lipinski definition) is 1. The standard InChI is InChI=1S/C16H14BrClO2/c1-9-2-3-10(6-13(9)18)15-8-14(19)12-5-4-11(17)7-16(12)20-15/h2-7,14-15,19H,8H2,1H3/t14-,15?/m0/s1. The van der Waals surface area contributed by atoms with Crippen molar-refractivity contribution in [2.75, 3.05) is 0 Å². The average molecular weight is 354 g/mol. The molecule has 0 saturated carbocycles. The molecule has 20 heavy (non-hydrogen) atoms. The first kappa shape index (κ1) is 13.9. The van der Waals surface area contributed by atoms with Crippen molar-refractivity contribution in [1.29, 1.82) is 0 Å². The Morgan fingerprint density at radius 2 is 2.05 bits per heavy atom. The molecule has 1 heterocycles. The number of aliphatic hydroxyl groups is 1. The lowest BCUT2D eigenvalue weighted by Gasteiger charge is -2.30. The molecule has 0 saturated heterocycles. The molecular formula is C16H14BrClO2. The summed E-state index contributed by atoms with van der Waals surface area (Å²) < 4.78 is 6.95. The second-order valence-electron chi connectivity index (χ2n) is 5.05. The minimum atomic E-state index is -0.517. The van der Waals surface area contributed by atoms with Crippen LogP contribution in [0, 0.1) is 6.92 Å². The third-order valence-corrected chi connectivity index (χ3v) is 4.51. The van der Waals surface area contributed by atoms with Crippen LogP contribution < -0.4 is 4.74 Å². The fraction of sp³-hybridized carbons (Fsp3) is 0.250. The molecule has 1 aliphatic heterocycles. The van der Waals surface area contributed by atoms with E-state index in [0.717, 1.165) is 31.9 Å². The van der Waals surface area contributed by atoms with Crippen molar-refractivity contribution in [3.63, 3.8) is 0 Å². The smallest absolute Gasteiger partial charge is 0.127 e. The second-order valence-corrected chi connectivity index (χ2v) is 6.37. The lowest BCUT2D eigenvalue weighted by atomic mass is 9.94. The van der Waals surface area contributed by atoms with Crippen LogP contribution in [-0.4, -0.2) is 5.11 Å². The normalized spacial score (nSPS) is 21.2. The molecule has 1 N–H and O–H groups in total. The topological polar surface area (TPSA) is 29.5 Å². The van der Waals surface area contributed by atoms with Crippen molar-refractivity contribution < 1.29 is 9.84 Å². The van der Waals surface area contributed by atoms with Crippen LogP contribution in [0.2, 0.25) is 5.02 Å². The van der Waals surface area contributed by atoms with Gasteiger partial charge in [-0.25, -0.2) is 0 Å². The highest BCUT2D eigenvalue weighted by molar-refractivity contribution is 9.10. The molecule has 0 amide bonds. The molecule has 2 atom stereocenters. The summed E-state index contributed by atoms with van der Waals surface area (Å²) in [5, 5.41) is 11.0. The molecule has 3 rings (SSSR count). The molecule has 0 spiro atoms. The van der Waals surface area contributed by atoms with Gasteiger partial charge in [0.15, 0.2) is 0 Å². The maximum absolute atomic E-state index is 10.3. The summed E-state index contributed by atoms with van der Waals surface area (Å²) in [6.07, 6.45) is -0.157. The Labute approximate surface area is 131 Å². The summed E-state index contributed by atoms with van der Waals surface area (Å²) in [7, 11) is 0. The van der Waals surface area contributed by atoms with Crippen LogP contribution in [0.5, 0.6) is 5.75 Å². The van der Waals surface area contributed by atoms with Crippen molar-refractivity contribution in [3.05, 3.63) is 62.6 Å². The molecule has 0 radical (unpaired) electrons. The number of aryl methyl sites for hydroxylation is 1. The quantitative estimate of drug-likeness (QED) is 0.784. The molecule has 1 aliphatic rings. The van der Waals surface area contributed by atoms with Crippen LogP contribution in [0.3, 0.4) is 0 Å². The first-order chi connectivity index (χ1) is 9.54. The Balaban J connectivity index is 1.96. The van der Waals surface area contributed by atoms with E-state index in [1.807, 2.05) is 43.3 Å². The van der Waals surface area contributed by atoms with Crippen molar-refractivity contribution >= 4 is 27.5 Å². The molecule has 2 aromatic carbocycles. The van der Waals surface area contributed by atoms with Gasteiger partial charge in [0.05, 0.1) is 6.10 Å². The predicted octanol–water partition coefficient (Wildman–Crippen LogP) is 4.97. The van der Waals surface area contributed by atoms with E-state index in [9.17, 15) is 5.11 Å². The van der Waals surface area contributed by atoms with Gasteiger partial charge in [0.25, 0.3) is 0 Å². The van der Waals surface area contributed by atoms with Gasteiger partial charge in [-0.1, -0.05) is 45.7 Å². The molecule has 2 nitrogen and oxygen atoms in total. The van der Waals surface area contributed by atoms with E-state index in [4.69, 9.17) is 16.3 Å². The number of benzene rings is 2. The van der Waals surface area contributed by atoms with E-state index in [0.29, 0.717) is 6.42 Å². The molecule has 0 aliphatic carbocycles. The molecular weight excluding hydrogens is 340 g/mol. The molecule has 4 heteroatoms. The first-order valence-electron chi connectivity index (χ1n) is 6.45. The predicted molar refractivity (Wildman–Crippen MR) is 83.3 cm³/mol. The van der Waals surface area contributed by atoms with E-state index in [1.165, 1.54) is 0 Å². The maximum atomic E-state index is 10.3. The molecule has 0 bridgehead atoms. The Hall–Kier alpha value is -1.03. The summed E-state index contributed by atoms with van der Waals surface area (Å²) >= 11 is 9.59. The van der Waals surface area contributed by atoms with Crippen LogP contribution in [0.25, 0.3) is 0 Å². The van der Waals surface area contributed by atoms with Gasteiger partial charge in [0.2, 0.25) is 0 Å². The third-order valence-electron chi connectivity index (χ3n) is 3.61. The zero-order chi connectivity index (χ0) is 14.3. The van der Waals surface area contributed by atoms with E-state index in [-0.39, 0.29) is 6.10 Å². The summed E-state index contributed by atoms with van der Waals surface area (Å²) in [5.41, 5.74) is 2.86. The minimum absolute atomic E-state index is 0.176. The summed E-state index contributed by atoms with van der Waals surface area (Å²) in [6.45, 7) is 1.97. The highest BCUT2D eigenvalue weighted by atomic mass is 79.9. The number of fused-ring (bicyclic) bond motifs is 1. The van der Waals surface area contributed by atoms with Gasteiger partial charge in [0.1, 0.15) is 11.9 Å². The largest absolute Gasteiger partial charge is 0.485 e. The Bertz CT molecular complexity index is 657. The van der Waals surface area contributed by atoms with Crippen LogP contribution in [0.15, 0.2) is 40.9 Å². The van der Waals surface area contributed by atoms with Gasteiger partial charge in [-0.15, -0.1) is 0 Å². The highest BCUT2D eigenvalue weighted by Gasteiger charge is 2.28. The second kappa shape index (κ2) is 5.40. The number of ether oxygens (including phenoxy) is 1. The number of halogens is 2. The van der Waals surface area contributed by atoms with Gasteiger partial charge in [-0.2, -0.15) is 0 Å². The average Bonchev–Trinajstić information content (AvgIpc) is 2.41. The van der Waals surface area contributed by atoms with Crippen molar-refractivity contribution in [2.24, 2.45) is 0 Å². The molecule has 2 aromatic rings. The summed E-state index contributed by atoms with van der Waals surface area (Å²) in [4.78, 5) is 0. The van der Waals surface area contributed by atoms with Gasteiger partial charge in [-0.05, 0) is 36.2 Å². The Morgan fingerprint density at radius 1 is 1.25 bits per heavy atom. The maximum Gasteiger partial charge on any atom is 0.127 e. The van der Waals surface area contributed by atoms with Gasteiger partial charge >= 0.3 is 0 Å². The third kappa shape index (κ3) is 2.58. The Morgan fingerprint density at radius 3 is 2.80 bits per heavy atom. The van der Waals surface area contributed by atoms with E-state index >= 15 is 0 Å². The lowest BCUT2D eigenvalue weighted by Crippen LogP contribution is -2.19. The van der Waals surface area contributed by atoms with Gasteiger partial charge < -0.3 is 9.84 Å². The zero-order valence-electron chi connectivity index (χ0n) is 10.9. The first-order valence-corrected chi connectivity index (χ1v) is 7.62. The zero-order valence-corrected chi connectivity index (χ0v) is 13.3. The van der Waals surface area contributed by atoms with Gasteiger partial charge in [0, 0.05) is 21.5 Å². The monoisotopic (exact) mass is 352 g/mol. The van der Waals surface area contributed by atoms with Crippen LogP contribution in [-0.2, 0) is 0 Å². The van der Waals surface area contributed by atoms with E-state index < -0.39 is 6.10 Å². The molecule has 104 valence electrons. The van der Waals surface area contributed by atoms with Crippen LogP contribution in [0.4, 0.5) is 0 Å². The van der Waals surface area contributed by atoms with Crippen LogP contribution in [0.1, 0.15) is 35.3 Å². The van der Waals surface area contributed by atoms with E-state index in [1.54, 1.807) is 0 Å². The summed E-state index contributed by atoms with van der Waals surface area (Å²) in [5.74, 6) is 0.722. The van der Waals surface area contributed by atoms with Crippen molar-refractivity contribution in [1.82, 2.24) is 0 Å². The Kier molecular flexibility index (Phi) is 3.76. The number of rotatable bonds is 1. The summed E-state index contributed by atoms with van der Waals surface area (Å²) in [6, 6.07) is 11.6.